The predicted molar refractivity (Wildman–Crippen MR) is 104 cm³/mol. The molecule has 1 heteroatoms. The zero-order chi connectivity index (χ0) is 16.2. The number of thioether (sulfide) groups is 1. The highest BCUT2D eigenvalue weighted by molar-refractivity contribution is 7.98. The van der Waals surface area contributed by atoms with Crippen molar-refractivity contribution in [3.63, 3.8) is 0 Å². The summed E-state index contributed by atoms with van der Waals surface area (Å²) in [4.78, 5) is 1.21. The smallest absolute Gasteiger partial charge is 0.0233 e. The fraction of sp³-hybridized carbons (Fsp3) is 0.0435. The quantitative estimate of drug-likeness (QED) is 0.381. The van der Waals surface area contributed by atoms with Gasteiger partial charge in [-0.3, -0.25) is 0 Å². The highest BCUT2D eigenvalue weighted by Crippen LogP contribution is 2.36. The fourth-order valence-corrected chi connectivity index (χ4v) is 3.93. The lowest BCUT2D eigenvalue weighted by atomic mass is 9.98. The molecular weight excluding hydrogens is 308 g/mol. The van der Waals surface area contributed by atoms with Crippen LogP contribution in [-0.2, 0) is 5.75 Å². The standard InChI is InChI=1S/C23H17S/c1-2-9-18(10-3-1)17-24-23-16-7-6-14-22(23)21-15-8-12-19-11-4-5-13-20(19)21/h1-15H,17H2. The Morgan fingerprint density at radius 2 is 1.42 bits per heavy atom. The Morgan fingerprint density at radius 1 is 0.667 bits per heavy atom. The molecule has 1 radical (unpaired) electrons. The molecule has 0 aliphatic carbocycles. The predicted octanol–water partition coefficient (Wildman–Crippen LogP) is 6.60. The summed E-state index contributed by atoms with van der Waals surface area (Å²) in [5.41, 5.74) is 3.87. The molecular formula is C23H17S. The van der Waals surface area contributed by atoms with Crippen molar-refractivity contribution in [3.8, 4) is 11.1 Å². The molecule has 0 N–H and O–H groups in total. The summed E-state index contributed by atoms with van der Waals surface area (Å²) in [6.45, 7) is 0. The first kappa shape index (κ1) is 15.0. The van der Waals surface area contributed by atoms with Gasteiger partial charge >= 0.3 is 0 Å². The first-order valence-corrected chi connectivity index (χ1v) is 9.06. The third-order valence-electron chi connectivity index (χ3n) is 4.12. The molecule has 4 rings (SSSR count). The van der Waals surface area contributed by atoms with Gasteiger partial charge in [0.25, 0.3) is 0 Å². The van der Waals surface area contributed by atoms with Gasteiger partial charge in [-0.05, 0) is 33.5 Å². The fourth-order valence-electron chi connectivity index (χ4n) is 2.94. The van der Waals surface area contributed by atoms with Crippen LogP contribution in [-0.4, -0.2) is 0 Å². The van der Waals surface area contributed by atoms with Crippen LogP contribution in [0.1, 0.15) is 5.56 Å². The summed E-state index contributed by atoms with van der Waals surface area (Å²) in [5.74, 6) is 0.957. The summed E-state index contributed by atoms with van der Waals surface area (Å²) in [6, 6.07) is 35.4. The van der Waals surface area contributed by atoms with Gasteiger partial charge in [-0.25, -0.2) is 0 Å². The van der Waals surface area contributed by atoms with Gasteiger partial charge in [0.2, 0.25) is 0 Å². The summed E-state index contributed by atoms with van der Waals surface area (Å²) in [5, 5.41) is 2.57. The van der Waals surface area contributed by atoms with Crippen LogP contribution in [0.5, 0.6) is 0 Å². The van der Waals surface area contributed by atoms with Crippen LogP contribution in [0.25, 0.3) is 21.9 Å². The van der Waals surface area contributed by atoms with Gasteiger partial charge in [0.15, 0.2) is 0 Å². The summed E-state index contributed by atoms with van der Waals surface area (Å²) < 4.78 is 0. The van der Waals surface area contributed by atoms with Crippen molar-refractivity contribution in [1.29, 1.82) is 0 Å². The van der Waals surface area contributed by atoms with E-state index in [2.05, 4.69) is 91.0 Å². The second-order valence-corrected chi connectivity index (χ2v) is 6.70. The van der Waals surface area contributed by atoms with E-state index in [9.17, 15) is 0 Å². The van der Waals surface area contributed by atoms with Crippen molar-refractivity contribution in [3.05, 3.63) is 103 Å². The summed E-state index contributed by atoms with van der Waals surface area (Å²) in [6.07, 6.45) is 0. The third-order valence-corrected chi connectivity index (χ3v) is 5.23. The van der Waals surface area contributed by atoms with Crippen molar-refractivity contribution < 1.29 is 0 Å². The molecule has 0 atom stereocenters. The molecule has 24 heavy (non-hydrogen) atoms. The Bertz CT molecular complexity index is 952. The lowest BCUT2D eigenvalue weighted by Gasteiger charge is -2.12. The van der Waals surface area contributed by atoms with Gasteiger partial charge in [0.1, 0.15) is 0 Å². The average molecular weight is 325 g/mol. The highest BCUT2D eigenvalue weighted by atomic mass is 32.2. The molecule has 0 unspecified atom stereocenters. The topological polar surface area (TPSA) is 0 Å². The van der Waals surface area contributed by atoms with E-state index in [0.29, 0.717) is 0 Å². The maximum Gasteiger partial charge on any atom is 0.0233 e. The molecule has 0 aliphatic heterocycles. The molecule has 0 heterocycles. The normalized spacial score (nSPS) is 10.8. The Hall–Kier alpha value is -2.51. The second-order valence-electron chi connectivity index (χ2n) is 5.71. The molecule has 0 saturated heterocycles. The van der Waals surface area contributed by atoms with Crippen LogP contribution in [0.15, 0.2) is 95.9 Å². The summed E-state index contributed by atoms with van der Waals surface area (Å²) >= 11 is 1.85. The maximum atomic E-state index is 3.43. The molecule has 0 fully saturated rings. The third kappa shape index (κ3) is 3.08. The second kappa shape index (κ2) is 6.94. The monoisotopic (exact) mass is 325 g/mol. The van der Waals surface area contributed by atoms with Crippen LogP contribution < -0.4 is 0 Å². The molecule has 0 saturated carbocycles. The molecule has 4 aromatic rings. The minimum Gasteiger partial charge on any atom is -0.120 e. The lowest BCUT2D eigenvalue weighted by molar-refractivity contribution is 1.37. The van der Waals surface area contributed by atoms with Crippen LogP contribution in [0.2, 0.25) is 0 Å². The number of rotatable bonds is 4. The van der Waals surface area contributed by atoms with Gasteiger partial charge in [0, 0.05) is 10.6 Å². The zero-order valence-corrected chi connectivity index (χ0v) is 14.1. The number of hydrogen-bond donors (Lipinski definition) is 0. The zero-order valence-electron chi connectivity index (χ0n) is 13.3. The molecule has 0 bridgehead atoms. The minimum absolute atomic E-state index is 0.957. The van der Waals surface area contributed by atoms with Crippen LogP contribution in [0.3, 0.4) is 0 Å². The van der Waals surface area contributed by atoms with E-state index < -0.39 is 0 Å². The van der Waals surface area contributed by atoms with Gasteiger partial charge in [0.05, 0.1) is 0 Å². The molecule has 0 aliphatic rings. The SMILES string of the molecule is [c]1cccc(-c2cccc3ccccc23)c1SCc1ccccc1. The number of fused-ring (bicyclic) bond motifs is 1. The summed E-state index contributed by atoms with van der Waals surface area (Å²) in [7, 11) is 0. The molecule has 4 aromatic carbocycles. The van der Waals surface area contributed by atoms with E-state index in [1.54, 1.807) is 0 Å². The van der Waals surface area contributed by atoms with E-state index >= 15 is 0 Å². The van der Waals surface area contributed by atoms with Crippen molar-refractivity contribution in [2.24, 2.45) is 0 Å². The number of benzene rings is 4. The lowest BCUT2D eigenvalue weighted by Crippen LogP contribution is -1.86. The Morgan fingerprint density at radius 3 is 2.33 bits per heavy atom. The van der Waals surface area contributed by atoms with E-state index in [1.165, 1.54) is 32.4 Å². The van der Waals surface area contributed by atoms with Crippen molar-refractivity contribution >= 4 is 22.5 Å². The van der Waals surface area contributed by atoms with Crippen molar-refractivity contribution in [2.75, 3.05) is 0 Å². The van der Waals surface area contributed by atoms with Crippen LogP contribution in [0.4, 0.5) is 0 Å². The van der Waals surface area contributed by atoms with Crippen molar-refractivity contribution in [1.82, 2.24) is 0 Å². The van der Waals surface area contributed by atoms with Gasteiger partial charge in [-0.1, -0.05) is 91.0 Å². The molecule has 0 aromatic heterocycles. The first-order chi connectivity index (χ1) is 11.9. The van der Waals surface area contributed by atoms with E-state index in [4.69, 9.17) is 0 Å². The van der Waals surface area contributed by atoms with E-state index in [0.717, 1.165) is 5.75 Å². The molecule has 115 valence electrons. The maximum absolute atomic E-state index is 3.43. The average Bonchev–Trinajstić information content (AvgIpc) is 2.67. The van der Waals surface area contributed by atoms with Gasteiger partial charge in [-0.15, -0.1) is 11.8 Å². The van der Waals surface area contributed by atoms with Gasteiger partial charge < -0.3 is 0 Å². The number of hydrogen-bond acceptors (Lipinski definition) is 1. The Balaban J connectivity index is 1.73. The largest absolute Gasteiger partial charge is 0.120 e. The van der Waals surface area contributed by atoms with Crippen LogP contribution >= 0.6 is 11.8 Å². The van der Waals surface area contributed by atoms with E-state index in [1.807, 2.05) is 17.8 Å². The molecule has 0 nitrogen and oxygen atoms in total. The Labute approximate surface area is 147 Å². The molecule has 0 amide bonds. The first-order valence-electron chi connectivity index (χ1n) is 8.07. The van der Waals surface area contributed by atoms with Crippen LogP contribution in [0, 0.1) is 6.07 Å². The minimum atomic E-state index is 0.957. The molecule has 0 spiro atoms. The Kier molecular flexibility index (Phi) is 4.35. The highest BCUT2D eigenvalue weighted by Gasteiger charge is 2.09. The van der Waals surface area contributed by atoms with E-state index in [-0.39, 0.29) is 0 Å². The van der Waals surface area contributed by atoms with Gasteiger partial charge in [-0.2, -0.15) is 0 Å². The van der Waals surface area contributed by atoms with Crippen molar-refractivity contribution in [2.45, 2.75) is 10.6 Å².